The molecular weight excluding hydrogens is 214 g/mol. The number of nitrogens with zero attached hydrogens (tertiary/aromatic N) is 1. The number of carbonyl (C=O) groups excluding carboxylic acids is 1. The fourth-order valence-electron chi connectivity index (χ4n) is 1.17. The summed E-state index contributed by atoms with van der Waals surface area (Å²) in [6.45, 7) is -0.402. The first-order chi connectivity index (χ1) is 7.13. The summed E-state index contributed by atoms with van der Waals surface area (Å²) >= 11 is 5.84. The maximum atomic E-state index is 10.4. The number of alkyl halides is 1. The van der Waals surface area contributed by atoms with Crippen LogP contribution in [0, 0.1) is 11.3 Å². The second-order valence-corrected chi connectivity index (χ2v) is 3.99. The number of aldehydes is 1. The molecule has 0 bridgehead atoms. The van der Waals surface area contributed by atoms with Gasteiger partial charge in [0.25, 0.3) is 0 Å². The van der Waals surface area contributed by atoms with E-state index in [1.165, 1.54) is 0 Å². The molecule has 0 saturated carbocycles. The van der Waals surface area contributed by atoms with Crippen molar-refractivity contribution in [3.8, 4) is 6.07 Å². The number of halogens is 1. The molecule has 1 atom stereocenters. The zero-order valence-corrected chi connectivity index (χ0v) is 8.74. The van der Waals surface area contributed by atoms with Crippen LogP contribution in [-0.2, 0) is 6.42 Å². The number of hydrogen-bond donors (Lipinski definition) is 1. The van der Waals surface area contributed by atoms with E-state index in [1.54, 1.807) is 24.3 Å². The van der Waals surface area contributed by atoms with E-state index in [0.29, 0.717) is 5.56 Å². The van der Waals surface area contributed by atoms with E-state index in [2.05, 4.69) is 0 Å². The van der Waals surface area contributed by atoms with E-state index in [1.807, 2.05) is 6.07 Å². The van der Waals surface area contributed by atoms with Crippen molar-refractivity contribution in [2.45, 2.75) is 11.3 Å². The zero-order chi connectivity index (χ0) is 11.3. The molecule has 1 rings (SSSR count). The summed E-state index contributed by atoms with van der Waals surface area (Å²) in [5.41, 5.74) is 1.38. The van der Waals surface area contributed by atoms with E-state index in [9.17, 15) is 4.79 Å². The van der Waals surface area contributed by atoms with Gasteiger partial charge in [-0.3, -0.25) is 4.79 Å². The van der Waals surface area contributed by atoms with Crippen LogP contribution in [0.4, 0.5) is 0 Å². The molecule has 0 aliphatic rings. The summed E-state index contributed by atoms with van der Waals surface area (Å²) in [7, 11) is 0. The van der Waals surface area contributed by atoms with Gasteiger partial charge in [-0.1, -0.05) is 35.9 Å². The molecule has 0 amide bonds. The number of aliphatic hydroxyl groups excluding tert-OH is 1. The van der Waals surface area contributed by atoms with Crippen LogP contribution in [0.3, 0.4) is 0 Å². The van der Waals surface area contributed by atoms with Crippen LogP contribution in [0.2, 0.25) is 0 Å². The summed E-state index contributed by atoms with van der Waals surface area (Å²) in [5, 5.41) is 17.7. The molecule has 1 N–H and O–H groups in total. The van der Waals surface area contributed by atoms with Gasteiger partial charge in [-0.05, 0) is 5.56 Å². The summed E-state index contributed by atoms with van der Waals surface area (Å²) in [6.07, 6.45) is 0.995. The summed E-state index contributed by atoms with van der Waals surface area (Å²) in [5.74, 6) is 0. The normalized spacial score (nSPS) is 13.9. The second kappa shape index (κ2) is 4.92. The maximum absolute atomic E-state index is 10.4. The first-order valence-electron chi connectivity index (χ1n) is 4.39. The quantitative estimate of drug-likeness (QED) is 0.622. The van der Waals surface area contributed by atoms with Crippen LogP contribution in [0.25, 0.3) is 0 Å². The van der Waals surface area contributed by atoms with Gasteiger partial charge in [0.05, 0.1) is 12.7 Å². The molecule has 1 aromatic carbocycles. The number of rotatable bonds is 4. The van der Waals surface area contributed by atoms with E-state index in [4.69, 9.17) is 22.0 Å². The lowest BCUT2D eigenvalue weighted by atomic mass is 10.00. The Morgan fingerprint density at radius 1 is 1.47 bits per heavy atom. The number of nitriles is 1. The predicted molar refractivity (Wildman–Crippen MR) is 56.8 cm³/mol. The molecule has 0 aromatic heterocycles. The van der Waals surface area contributed by atoms with Gasteiger partial charge in [-0.2, -0.15) is 5.26 Å². The van der Waals surface area contributed by atoms with Crippen molar-refractivity contribution in [3.05, 3.63) is 35.4 Å². The lowest BCUT2D eigenvalue weighted by Crippen LogP contribution is -2.26. The smallest absolute Gasteiger partial charge is 0.157 e. The van der Waals surface area contributed by atoms with Crippen LogP contribution in [-0.4, -0.2) is 22.9 Å². The molecular formula is C11H10ClNO2. The molecule has 0 heterocycles. The standard InChI is InChI=1S/C11H10ClNO2/c12-11(7-13,8-15)5-9-1-3-10(6-14)4-2-9/h1-4,6,15H,5,8H2. The Labute approximate surface area is 92.9 Å². The summed E-state index contributed by atoms with van der Waals surface area (Å²) in [6, 6.07) is 8.58. The third-order valence-corrected chi connectivity index (χ3v) is 2.39. The third kappa shape index (κ3) is 3.05. The molecule has 1 aromatic rings. The van der Waals surface area contributed by atoms with Crippen molar-refractivity contribution in [3.63, 3.8) is 0 Å². The number of benzene rings is 1. The molecule has 15 heavy (non-hydrogen) atoms. The van der Waals surface area contributed by atoms with Gasteiger partial charge in [0.15, 0.2) is 4.87 Å². The van der Waals surface area contributed by atoms with Gasteiger partial charge in [-0.15, -0.1) is 0 Å². The van der Waals surface area contributed by atoms with Crippen LogP contribution in [0.5, 0.6) is 0 Å². The lowest BCUT2D eigenvalue weighted by molar-refractivity contribution is 0.112. The first kappa shape index (κ1) is 11.7. The van der Waals surface area contributed by atoms with Gasteiger partial charge in [0, 0.05) is 12.0 Å². The maximum Gasteiger partial charge on any atom is 0.157 e. The average molecular weight is 224 g/mol. The minimum atomic E-state index is -1.28. The Hall–Kier alpha value is -1.37. The Morgan fingerprint density at radius 2 is 2.07 bits per heavy atom. The van der Waals surface area contributed by atoms with E-state index in [0.717, 1.165) is 11.8 Å². The van der Waals surface area contributed by atoms with Crippen molar-refractivity contribution < 1.29 is 9.90 Å². The Balaban J connectivity index is 2.81. The van der Waals surface area contributed by atoms with Crippen molar-refractivity contribution in [1.82, 2.24) is 0 Å². The highest BCUT2D eigenvalue weighted by Crippen LogP contribution is 2.20. The van der Waals surface area contributed by atoms with Crippen LogP contribution >= 0.6 is 11.6 Å². The highest BCUT2D eigenvalue weighted by atomic mass is 35.5. The molecule has 0 radical (unpaired) electrons. The molecule has 4 heteroatoms. The van der Waals surface area contributed by atoms with Crippen LogP contribution in [0.15, 0.2) is 24.3 Å². The minimum Gasteiger partial charge on any atom is -0.393 e. The second-order valence-electron chi connectivity index (χ2n) is 3.27. The van der Waals surface area contributed by atoms with Crippen molar-refractivity contribution >= 4 is 17.9 Å². The van der Waals surface area contributed by atoms with Crippen molar-refractivity contribution in [1.29, 1.82) is 5.26 Å². The number of hydrogen-bond acceptors (Lipinski definition) is 3. The summed E-state index contributed by atoms with van der Waals surface area (Å²) < 4.78 is 0. The van der Waals surface area contributed by atoms with Gasteiger partial charge in [-0.25, -0.2) is 0 Å². The predicted octanol–water partition coefficient (Wildman–Crippen LogP) is 1.54. The Bertz CT molecular complexity index is 383. The number of aliphatic hydroxyl groups is 1. The van der Waals surface area contributed by atoms with Gasteiger partial charge < -0.3 is 5.11 Å². The molecule has 0 fully saturated rings. The lowest BCUT2D eigenvalue weighted by Gasteiger charge is -2.15. The topological polar surface area (TPSA) is 61.1 Å². The minimum absolute atomic E-state index is 0.251. The average Bonchev–Trinajstić information content (AvgIpc) is 2.30. The fourth-order valence-corrected chi connectivity index (χ4v) is 1.32. The molecule has 1 unspecified atom stereocenters. The summed E-state index contributed by atoms with van der Waals surface area (Å²) in [4.78, 5) is 9.12. The monoisotopic (exact) mass is 223 g/mol. The Morgan fingerprint density at radius 3 is 2.47 bits per heavy atom. The largest absolute Gasteiger partial charge is 0.393 e. The number of carbonyl (C=O) groups is 1. The van der Waals surface area contributed by atoms with Crippen LogP contribution < -0.4 is 0 Å². The zero-order valence-electron chi connectivity index (χ0n) is 7.98. The highest BCUT2D eigenvalue weighted by Gasteiger charge is 2.26. The van der Waals surface area contributed by atoms with Gasteiger partial charge in [0.2, 0.25) is 0 Å². The molecule has 3 nitrogen and oxygen atoms in total. The molecule has 0 saturated heterocycles. The van der Waals surface area contributed by atoms with E-state index >= 15 is 0 Å². The third-order valence-electron chi connectivity index (χ3n) is 2.05. The highest BCUT2D eigenvalue weighted by molar-refractivity contribution is 6.26. The van der Waals surface area contributed by atoms with Crippen molar-refractivity contribution in [2.24, 2.45) is 0 Å². The van der Waals surface area contributed by atoms with Gasteiger partial charge in [0.1, 0.15) is 6.29 Å². The SMILES string of the molecule is N#CC(Cl)(CO)Cc1ccc(C=O)cc1. The molecule has 0 aliphatic carbocycles. The fraction of sp³-hybridized carbons (Fsp3) is 0.273. The molecule has 78 valence electrons. The van der Waals surface area contributed by atoms with E-state index in [-0.39, 0.29) is 6.42 Å². The van der Waals surface area contributed by atoms with Crippen molar-refractivity contribution in [2.75, 3.05) is 6.61 Å². The first-order valence-corrected chi connectivity index (χ1v) is 4.76. The molecule has 0 aliphatic heterocycles. The van der Waals surface area contributed by atoms with Gasteiger partial charge >= 0.3 is 0 Å². The van der Waals surface area contributed by atoms with E-state index < -0.39 is 11.5 Å². The Kier molecular flexibility index (Phi) is 3.84. The molecule has 0 spiro atoms. The van der Waals surface area contributed by atoms with Crippen LogP contribution in [0.1, 0.15) is 15.9 Å².